The number of benzene rings is 2. The van der Waals surface area contributed by atoms with Gasteiger partial charge in [0.25, 0.3) is 0 Å². The molecule has 0 unspecified atom stereocenters. The molecule has 2 aromatic rings. The first kappa shape index (κ1) is 15.1. The molecule has 0 aromatic heterocycles. The maximum absolute atomic E-state index is 8.87. The van der Waals surface area contributed by atoms with Crippen LogP contribution in [0.2, 0.25) is 0 Å². The first-order valence-corrected chi connectivity index (χ1v) is 7.77. The van der Waals surface area contributed by atoms with E-state index in [0.29, 0.717) is 17.2 Å². The van der Waals surface area contributed by atoms with Crippen molar-refractivity contribution in [2.24, 2.45) is 0 Å². The van der Waals surface area contributed by atoms with Gasteiger partial charge in [-0.15, -0.1) is 0 Å². The van der Waals surface area contributed by atoms with E-state index in [4.69, 9.17) is 10.00 Å². The molecule has 0 N–H and O–H groups in total. The molecular formula is C16H13Br2NO. The Morgan fingerprint density at radius 1 is 1.05 bits per heavy atom. The molecule has 0 heterocycles. The second-order valence-electron chi connectivity index (χ2n) is 4.70. The largest absolute Gasteiger partial charge is 0.456 e. The summed E-state index contributed by atoms with van der Waals surface area (Å²) in [7, 11) is 0. The zero-order valence-corrected chi connectivity index (χ0v) is 14.3. The van der Waals surface area contributed by atoms with Crippen LogP contribution in [0.25, 0.3) is 0 Å². The van der Waals surface area contributed by atoms with Gasteiger partial charge in [0, 0.05) is 4.47 Å². The van der Waals surface area contributed by atoms with E-state index in [-0.39, 0.29) is 0 Å². The lowest BCUT2D eigenvalue weighted by Gasteiger charge is -2.15. The fraction of sp³-hybridized carbons (Fsp3) is 0.188. The molecule has 0 aliphatic heterocycles. The van der Waals surface area contributed by atoms with Gasteiger partial charge in [-0.2, -0.15) is 5.26 Å². The summed E-state index contributed by atoms with van der Waals surface area (Å²) >= 11 is 6.92. The van der Waals surface area contributed by atoms with E-state index >= 15 is 0 Å². The molecule has 0 radical (unpaired) electrons. The molecule has 0 saturated carbocycles. The summed E-state index contributed by atoms with van der Waals surface area (Å²) in [5.74, 6) is 1.89. The van der Waals surface area contributed by atoms with Gasteiger partial charge in [0.05, 0.1) is 16.1 Å². The number of nitrogens with zero attached hydrogens (tertiary/aromatic N) is 1. The van der Waals surface area contributed by atoms with E-state index in [1.165, 1.54) is 0 Å². The van der Waals surface area contributed by atoms with Crippen LogP contribution in [0.4, 0.5) is 0 Å². The van der Waals surface area contributed by atoms with Crippen LogP contribution in [0, 0.1) is 11.3 Å². The third-order valence-corrected chi connectivity index (χ3v) is 3.99. The molecule has 102 valence electrons. The Balaban J connectivity index is 2.38. The fourth-order valence-corrected chi connectivity index (χ4v) is 2.67. The van der Waals surface area contributed by atoms with Crippen LogP contribution in [-0.2, 0) is 0 Å². The number of nitriles is 1. The second-order valence-corrected chi connectivity index (χ2v) is 6.47. The maximum atomic E-state index is 8.87. The molecular weight excluding hydrogens is 382 g/mol. The molecule has 0 aliphatic carbocycles. The van der Waals surface area contributed by atoms with Crippen LogP contribution < -0.4 is 4.74 Å². The number of hydrogen-bond donors (Lipinski definition) is 0. The summed E-state index contributed by atoms with van der Waals surface area (Å²) in [5, 5.41) is 8.87. The van der Waals surface area contributed by atoms with E-state index in [2.05, 4.69) is 57.8 Å². The van der Waals surface area contributed by atoms with Crippen molar-refractivity contribution >= 4 is 31.9 Å². The normalized spacial score (nSPS) is 10.4. The monoisotopic (exact) mass is 393 g/mol. The highest BCUT2D eigenvalue weighted by Gasteiger charge is 2.11. The quantitative estimate of drug-likeness (QED) is 0.639. The number of rotatable bonds is 3. The minimum atomic E-state index is 0.361. The molecule has 0 spiro atoms. The van der Waals surface area contributed by atoms with Crippen molar-refractivity contribution in [3.05, 3.63) is 56.5 Å². The Labute approximate surface area is 135 Å². The Hall–Kier alpha value is -1.31. The van der Waals surface area contributed by atoms with Crippen molar-refractivity contribution in [3.63, 3.8) is 0 Å². The van der Waals surface area contributed by atoms with Crippen LogP contribution in [0.1, 0.15) is 30.9 Å². The summed E-state index contributed by atoms with van der Waals surface area (Å²) < 4.78 is 7.79. The van der Waals surface area contributed by atoms with Crippen LogP contribution in [-0.4, -0.2) is 0 Å². The van der Waals surface area contributed by atoms with E-state index in [0.717, 1.165) is 20.3 Å². The van der Waals surface area contributed by atoms with Crippen LogP contribution in [0.5, 0.6) is 11.5 Å². The zero-order chi connectivity index (χ0) is 14.7. The first-order chi connectivity index (χ1) is 9.51. The maximum Gasteiger partial charge on any atom is 0.141 e. The highest BCUT2D eigenvalue weighted by molar-refractivity contribution is 9.10. The highest BCUT2D eigenvalue weighted by Crippen LogP contribution is 2.36. The molecule has 0 saturated heterocycles. The molecule has 20 heavy (non-hydrogen) atoms. The molecule has 2 nitrogen and oxygen atoms in total. The van der Waals surface area contributed by atoms with Gasteiger partial charge in [-0.05, 0) is 63.8 Å². The predicted octanol–water partition coefficient (Wildman–Crippen LogP) is 6.00. The summed E-state index contributed by atoms with van der Waals surface area (Å²) in [6.07, 6.45) is 0. The van der Waals surface area contributed by atoms with Gasteiger partial charge in [-0.3, -0.25) is 0 Å². The van der Waals surface area contributed by atoms with E-state index in [1.54, 1.807) is 18.2 Å². The van der Waals surface area contributed by atoms with Gasteiger partial charge < -0.3 is 4.74 Å². The average Bonchev–Trinajstić information content (AvgIpc) is 2.42. The molecule has 0 aliphatic rings. The average molecular weight is 395 g/mol. The van der Waals surface area contributed by atoms with Crippen molar-refractivity contribution in [2.45, 2.75) is 19.8 Å². The minimum Gasteiger partial charge on any atom is -0.456 e. The van der Waals surface area contributed by atoms with E-state index < -0.39 is 0 Å². The topological polar surface area (TPSA) is 33.0 Å². The van der Waals surface area contributed by atoms with Crippen LogP contribution >= 0.6 is 31.9 Å². The summed E-state index contributed by atoms with van der Waals surface area (Å²) in [6.45, 7) is 4.25. The lowest BCUT2D eigenvalue weighted by molar-refractivity contribution is 0.470. The van der Waals surface area contributed by atoms with Gasteiger partial charge in [0.1, 0.15) is 11.5 Å². The minimum absolute atomic E-state index is 0.361. The zero-order valence-electron chi connectivity index (χ0n) is 11.2. The smallest absolute Gasteiger partial charge is 0.141 e. The SMILES string of the molecule is CC(C)c1cc(Br)ccc1Oc1ccc(C#N)cc1Br. The Kier molecular flexibility index (Phi) is 4.85. The van der Waals surface area contributed by atoms with Crippen molar-refractivity contribution in [2.75, 3.05) is 0 Å². The molecule has 0 bridgehead atoms. The number of ether oxygens (including phenoxy) is 1. The number of hydrogen-bond acceptors (Lipinski definition) is 2. The van der Waals surface area contributed by atoms with Crippen molar-refractivity contribution < 1.29 is 4.74 Å². The third kappa shape index (κ3) is 3.41. The Morgan fingerprint density at radius 2 is 1.75 bits per heavy atom. The molecule has 0 fully saturated rings. The third-order valence-electron chi connectivity index (χ3n) is 2.87. The molecule has 0 atom stereocenters. The van der Waals surface area contributed by atoms with Gasteiger partial charge in [0.2, 0.25) is 0 Å². The molecule has 2 rings (SSSR count). The summed E-state index contributed by atoms with van der Waals surface area (Å²) in [6, 6.07) is 13.4. The number of halogens is 2. The Morgan fingerprint density at radius 3 is 2.35 bits per heavy atom. The lowest BCUT2D eigenvalue weighted by atomic mass is 10.0. The van der Waals surface area contributed by atoms with Crippen molar-refractivity contribution in [3.8, 4) is 17.6 Å². The predicted molar refractivity (Wildman–Crippen MR) is 87.2 cm³/mol. The lowest BCUT2D eigenvalue weighted by Crippen LogP contribution is -1.95. The summed E-state index contributed by atoms with van der Waals surface area (Å²) in [5.41, 5.74) is 1.74. The van der Waals surface area contributed by atoms with Crippen molar-refractivity contribution in [1.29, 1.82) is 5.26 Å². The molecule has 0 amide bonds. The fourth-order valence-electron chi connectivity index (χ4n) is 1.84. The standard InChI is InChI=1S/C16H13Br2NO/c1-10(2)13-8-12(17)4-6-15(13)20-16-5-3-11(9-19)7-14(16)18/h3-8,10H,1-2H3. The van der Waals surface area contributed by atoms with E-state index in [9.17, 15) is 0 Å². The molecule has 2 aromatic carbocycles. The highest BCUT2D eigenvalue weighted by atomic mass is 79.9. The second kappa shape index (κ2) is 6.43. The van der Waals surface area contributed by atoms with Gasteiger partial charge in [0.15, 0.2) is 0 Å². The summed E-state index contributed by atoms with van der Waals surface area (Å²) in [4.78, 5) is 0. The first-order valence-electron chi connectivity index (χ1n) is 6.18. The van der Waals surface area contributed by atoms with Crippen LogP contribution in [0.15, 0.2) is 45.3 Å². The van der Waals surface area contributed by atoms with E-state index in [1.807, 2.05) is 12.1 Å². The van der Waals surface area contributed by atoms with Crippen LogP contribution in [0.3, 0.4) is 0 Å². The van der Waals surface area contributed by atoms with Gasteiger partial charge in [-0.25, -0.2) is 0 Å². The Bertz CT molecular complexity index is 675. The van der Waals surface area contributed by atoms with Crippen molar-refractivity contribution in [1.82, 2.24) is 0 Å². The van der Waals surface area contributed by atoms with Gasteiger partial charge >= 0.3 is 0 Å². The molecule has 4 heteroatoms. The van der Waals surface area contributed by atoms with Gasteiger partial charge in [-0.1, -0.05) is 29.8 Å².